The van der Waals surface area contributed by atoms with Gasteiger partial charge in [0.2, 0.25) is 0 Å². The highest BCUT2D eigenvalue weighted by Crippen LogP contribution is 2.09. The van der Waals surface area contributed by atoms with E-state index in [-0.39, 0.29) is 0 Å². The zero-order chi connectivity index (χ0) is 13.3. The van der Waals surface area contributed by atoms with E-state index < -0.39 is 0 Å². The summed E-state index contributed by atoms with van der Waals surface area (Å²) in [6, 6.07) is 18.0. The Labute approximate surface area is 115 Å². The summed E-state index contributed by atoms with van der Waals surface area (Å²) in [4.78, 5) is 0. The lowest BCUT2D eigenvalue weighted by Gasteiger charge is -2.05. The van der Waals surface area contributed by atoms with Crippen LogP contribution in [0.4, 0.5) is 0 Å². The van der Waals surface area contributed by atoms with Crippen LogP contribution in [0.15, 0.2) is 54.6 Å². The maximum absolute atomic E-state index is 9.19. The molecule has 0 aromatic heterocycles. The first-order valence-corrected chi connectivity index (χ1v) is 6.87. The summed E-state index contributed by atoms with van der Waals surface area (Å²) in [7, 11) is 0. The van der Waals surface area contributed by atoms with Gasteiger partial charge < -0.3 is 10.4 Å². The van der Waals surface area contributed by atoms with Crippen molar-refractivity contribution in [1.82, 2.24) is 5.32 Å². The average Bonchev–Trinajstić information content (AvgIpc) is 2.46. The Hall–Kier alpha value is -1.80. The van der Waals surface area contributed by atoms with Gasteiger partial charge in [0, 0.05) is 0 Å². The second-order valence-electron chi connectivity index (χ2n) is 4.76. The second-order valence-corrected chi connectivity index (χ2v) is 4.76. The number of phenolic OH excluding ortho intramolecular Hbond substituents is 1. The average molecular weight is 255 g/mol. The number of phenols is 1. The molecule has 2 rings (SSSR count). The molecule has 0 aliphatic carbocycles. The molecule has 100 valence electrons. The number of rotatable bonds is 7. The van der Waals surface area contributed by atoms with Gasteiger partial charge in [-0.15, -0.1) is 0 Å². The summed E-state index contributed by atoms with van der Waals surface area (Å²) in [5.41, 5.74) is 2.66. The maximum Gasteiger partial charge on any atom is 0.115 e. The summed E-state index contributed by atoms with van der Waals surface area (Å²) >= 11 is 0. The quantitative estimate of drug-likeness (QED) is 0.745. The molecule has 0 radical (unpaired) electrons. The van der Waals surface area contributed by atoms with Gasteiger partial charge >= 0.3 is 0 Å². The van der Waals surface area contributed by atoms with Crippen LogP contribution in [0.2, 0.25) is 0 Å². The smallest absolute Gasteiger partial charge is 0.115 e. The highest BCUT2D eigenvalue weighted by atomic mass is 16.3. The molecule has 2 heteroatoms. The van der Waals surface area contributed by atoms with Crippen molar-refractivity contribution >= 4 is 0 Å². The lowest BCUT2D eigenvalue weighted by atomic mass is 10.1. The van der Waals surface area contributed by atoms with Crippen molar-refractivity contribution in [1.29, 1.82) is 0 Å². The SMILES string of the molecule is Oc1ccc(CCNCCCc2ccccc2)cc1. The normalized spacial score (nSPS) is 10.5. The Balaban J connectivity index is 1.56. The lowest BCUT2D eigenvalue weighted by molar-refractivity contribution is 0.475. The minimum absolute atomic E-state index is 0.333. The van der Waals surface area contributed by atoms with Crippen molar-refractivity contribution in [2.75, 3.05) is 13.1 Å². The van der Waals surface area contributed by atoms with Gasteiger partial charge in [-0.1, -0.05) is 42.5 Å². The van der Waals surface area contributed by atoms with E-state index in [2.05, 4.69) is 35.6 Å². The molecule has 2 N–H and O–H groups in total. The summed E-state index contributed by atoms with van der Waals surface area (Å²) in [5.74, 6) is 0.333. The van der Waals surface area contributed by atoms with Gasteiger partial charge in [0.1, 0.15) is 5.75 Å². The van der Waals surface area contributed by atoms with E-state index >= 15 is 0 Å². The van der Waals surface area contributed by atoms with Crippen LogP contribution < -0.4 is 5.32 Å². The van der Waals surface area contributed by atoms with Gasteiger partial charge in [0.05, 0.1) is 0 Å². The van der Waals surface area contributed by atoms with Crippen LogP contribution in [0, 0.1) is 0 Å². The van der Waals surface area contributed by atoms with Crippen molar-refractivity contribution in [3.63, 3.8) is 0 Å². The molecule has 0 amide bonds. The summed E-state index contributed by atoms with van der Waals surface area (Å²) < 4.78 is 0. The van der Waals surface area contributed by atoms with Gasteiger partial charge in [0.15, 0.2) is 0 Å². The molecule has 0 aliphatic rings. The zero-order valence-electron chi connectivity index (χ0n) is 11.2. The topological polar surface area (TPSA) is 32.3 Å². The molecular formula is C17H21NO. The first-order chi connectivity index (χ1) is 9.34. The number of aryl methyl sites for hydroxylation is 1. The largest absolute Gasteiger partial charge is 0.508 e. The fourth-order valence-electron chi connectivity index (χ4n) is 2.08. The lowest BCUT2D eigenvalue weighted by Crippen LogP contribution is -2.18. The van der Waals surface area contributed by atoms with E-state index in [1.807, 2.05) is 12.1 Å². The third-order valence-corrected chi connectivity index (χ3v) is 3.19. The van der Waals surface area contributed by atoms with Gasteiger partial charge in [-0.05, 0) is 55.6 Å². The van der Waals surface area contributed by atoms with Crippen LogP contribution in [0.25, 0.3) is 0 Å². The molecule has 0 atom stereocenters. The Morgan fingerprint density at radius 3 is 2.16 bits per heavy atom. The Morgan fingerprint density at radius 1 is 0.737 bits per heavy atom. The monoisotopic (exact) mass is 255 g/mol. The number of hydrogen-bond donors (Lipinski definition) is 2. The van der Waals surface area contributed by atoms with Crippen molar-refractivity contribution in [3.8, 4) is 5.75 Å². The van der Waals surface area contributed by atoms with Crippen molar-refractivity contribution in [2.24, 2.45) is 0 Å². The Morgan fingerprint density at radius 2 is 1.42 bits per heavy atom. The number of aromatic hydroxyl groups is 1. The fourth-order valence-corrected chi connectivity index (χ4v) is 2.08. The van der Waals surface area contributed by atoms with Crippen molar-refractivity contribution < 1.29 is 5.11 Å². The highest BCUT2D eigenvalue weighted by molar-refractivity contribution is 5.25. The molecule has 2 aromatic rings. The molecule has 0 saturated carbocycles. The van der Waals surface area contributed by atoms with Crippen LogP contribution in [0.5, 0.6) is 5.75 Å². The van der Waals surface area contributed by atoms with Gasteiger partial charge in [-0.3, -0.25) is 0 Å². The molecule has 0 heterocycles. The second kappa shape index (κ2) is 7.59. The number of nitrogens with one attached hydrogen (secondary N) is 1. The van der Waals surface area contributed by atoms with E-state index in [9.17, 15) is 5.11 Å². The van der Waals surface area contributed by atoms with Crippen LogP contribution in [0.3, 0.4) is 0 Å². The summed E-state index contributed by atoms with van der Waals surface area (Å²) in [5, 5.41) is 12.6. The van der Waals surface area contributed by atoms with Crippen molar-refractivity contribution in [2.45, 2.75) is 19.3 Å². The number of benzene rings is 2. The first kappa shape index (κ1) is 13.6. The highest BCUT2D eigenvalue weighted by Gasteiger charge is 1.95. The van der Waals surface area contributed by atoms with Crippen LogP contribution in [0.1, 0.15) is 17.5 Å². The van der Waals surface area contributed by atoms with Crippen LogP contribution >= 0.6 is 0 Å². The first-order valence-electron chi connectivity index (χ1n) is 6.87. The zero-order valence-corrected chi connectivity index (χ0v) is 11.2. The fraction of sp³-hybridized carbons (Fsp3) is 0.294. The Kier molecular flexibility index (Phi) is 5.45. The minimum Gasteiger partial charge on any atom is -0.508 e. The van der Waals surface area contributed by atoms with E-state index in [4.69, 9.17) is 0 Å². The predicted molar refractivity (Wildman–Crippen MR) is 79.4 cm³/mol. The van der Waals surface area contributed by atoms with Gasteiger partial charge in [-0.25, -0.2) is 0 Å². The predicted octanol–water partition coefficient (Wildman–Crippen LogP) is 3.16. The molecule has 19 heavy (non-hydrogen) atoms. The van der Waals surface area contributed by atoms with Crippen molar-refractivity contribution in [3.05, 3.63) is 65.7 Å². The van der Waals surface area contributed by atoms with E-state index in [1.165, 1.54) is 17.5 Å². The van der Waals surface area contributed by atoms with E-state index in [0.29, 0.717) is 5.75 Å². The van der Waals surface area contributed by atoms with Crippen LogP contribution in [-0.4, -0.2) is 18.2 Å². The summed E-state index contributed by atoms with van der Waals surface area (Å²) in [6.45, 7) is 2.03. The van der Waals surface area contributed by atoms with Crippen LogP contribution in [-0.2, 0) is 12.8 Å². The molecule has 0 saturated heterocycles. The third-order valence-electron chi connectivity index (χ3n) is 3.19. The molecule has 2 aromatic carbocycles. The summed E-state index contributed by atoms with van der Waals surface area (Å²) in [6.07, 6.45) is 3.30. The standard InChI is InChI=1S/C17H21NO/c19-17-10-8-16(9-11-17)12-14-18-13-4-7-15-5-2-1-3-6-15/h1-3,5-6,8-11,18-19H,4,7,12-14H2. The molecule has 0 bridgehead atoms. The van der Waals surface area contributed by atoms with Gasteiger partial charge in [-0.2, -0.15) is 0 Å². The maximum atomic E-state index is 9.19. The van der Waals surface area contributed by atoms with E-state index in [1.54, 1.807) is 12.1 Å². The van der Waals surface area contributed by atoms with E-state index in [0.717, 1.165) is 25.9 Å². The molecule has 2 nitrogen and oxygen atoms in total. The molecule has 0 unspecified atom stereocenters. The molecular weight excluding hydrogens is 234 g/mol. The Bertz CT molecular complexity index is 464. The minimum atomic E-state index is 0.333. The molecule has 0 aliphatic heterocycles. The molecule has 0 spiro atoms. The molecule has 0 fully saturated rings. The number of hydrogen-bond acceptors (Lipinski definition) is 2. The third kappa shape index (κ3) is 5.14. The van der Waals surface area contributed by atoms with Gasteiger partial charge in [0.25, 0.3) is 0 Å².